The van der Waals surface area contributed by atoms with Crippen LogP contribution < -0.4 is 4.90 Å². The molecule has 2 heterocycles. The zero-order valence-electron chi connectivity index (χ0n) is 26.5. The quantitative estimate of drug-likeness (QED) is 0.190. The van der Waals surface area contributed by atoms with Gasteiger partial charge in [-0.15, -0.1) is 0 Å². The second-order valence-corrected chi connectivity index (χ2v) is 12.5. The van der Waals surface area contributed by atoms with Crippen molar-refractivity contribution in [1.29, 1.82) is 0 Å². The fraction of sp³-hybridized carbons (Fsp3) is 0. The predicted octanol–water partition coefficient (Wildman–Crippen LogP) is 13.4. The van der Waals surface area contributed by atoms with E-state index >= 15 is 0 Å². The van der Waals surface area contributed by atoms with Crippen LogP contribution in [0.4, 0.5) is 17.1 Å². The molecule has 0 atom stereocenters. The molecule has 0 fully saturated rings. The van der Waals surface area contributed by atoms with E-state index in [1.807, 2.05) is 18.2 Å². The molecule has 0 radical (unpaired) electrons. The van der Waals surface area contributed by atoms with Crippen molar-refractivity contribution < 1.29 is 8.83 Å². The van der Waals surface area contributed by atoms with Gasteiger partial charge in [-0.3, -0.25) is 0 Å². The fourth-order valence-corrected chi connectivity index (χ4v) is 7.36. The molecule has 0 bridgehead atoms. The van der Waals surface area contributed by atoms with Crippen LogP contribution in [-0.4, -0.2) is 0 Å². The molecular weight excluding hydrogens is 599 g/mol. The van der Waals surface area contributed by atoms with E-state index in [1.54, 1.807) is 0 Å². The highest BCUT2D eigenvalue weighted by Gasteiger charge is 2.23. The van der Waals surface area contributed by atoms with Gasteiger partial charge in [0.1, 0.15) is 16.7 Å². The lowest BCUT2D eigenvalue weighted by Gasteiger charge is -2.28. The standard InChI is InChI=1S/C46H29NO2/c1-2-13-31(14-3-1)36-18-10-19-38-39-20-11-22-42(46(39)49-45(36)38)47(34-26-27-44-40(29-34)37-17-7-9-23-43(37)48-44)41-21-8-6-16-35(41)33-25-24-30-12-4-5-15-32(30)28-33/h1-29H. The molecule has 2 aromatic heterocycles. The molecule has 49 heavy (non-hydrogen) atoms. The molecular formula is C46H29NO2. The maximum atomic E-state index is 6.98. The molecule has 10 rings (SSSR count). The molecule has 230 valence electrons. The summed E-state index contributed by atoms with van der Waals surface area (Å²) in [6.45, 7) is 0. The third-order valence-corrected chi connectivity index (χ3v) is 9.65. The number of fused-ring (bicyclic) bond motifs is 7. The minimum atomic E-state index is 0.839. The number of furan rings is 2. The summed E-state index contributed by atoms with van der Waals surface area (Å²) in [6, 6.07) is 62.0. The van der Waals surface area contributed by atoms with Gasteiger partial charge in [0.2, 0.25) is 0 Å². The number of para-hydroxylation sites is 4. The van der Waals surface area contributed by atoms with E-state index in [0.29, 0.717) is 0 Å². The average Bonchev–Trinajstić information content (AvgIpc) is 3.74. The maximum Gasteiger partial charge on any atom is 0.159 e. The van der Waals surface area contributed by atoms with E-state index in [2.05, 4.69) is 163 Å². The van der Waals surface area contributed by atoms with E-state index in [9.17, 15) is 0 Å². The molecule has 0 saturated heterocycles. The predicted molar refractivity (Wildman–Crippen MR) is 204 cm³/mol. The van der Waals surface area contributed by atoms with Gasteiger partial charge < -0.3 is 13.7 Å². The Morgan fingerprint density at radius 1 is 0.347 bits per heavy atom. The highest BCUT2D eigenvalue weighted by molar-refractivity contribution is 6.14. The number of nitrogens with zero attached hydrogens (tertiary/aromatic N) is 1. The molecule has 0 aliphatic carbocycles. The molecule has 0 N–H and O–H groups in total. The van der Waals surface area contributed by atoms with Crippen molar-refractivity contribution in [3.05, 3.63) is 176 Å². The van der Waals surface area contributed by atoms with Crippen molar-refractivity contribution in [2.75, 3.05) is 4.90 Å². The Morgan fingerprint density at radius 3 is 1.94 bits per heavy atom. The van der Waals surface area contributed by atoms with Gasteiger partial charge >= 0.3 is 0 Å². The number of benzene rings is 8. The second-order valence-electron chi connectivity index (χ2n) is 12.5. The van der Waals surface area contributed by atoms with Crippen molar-refractivity contribution in [3.8, 4) is 22.3 Å². The summed E-state index contributed by atoms with van der Waals surface area (Å²) in [5.74, 6) is 0. The smallest absolute Gasteiger partial charge is 0.159 e. The van der Waals surface area contributed by atoms with Crippen molar-refractivity contribution in [2.45, 2.75) is 0 Å². The zero-order valence-corrected chi connectivity index (χ0v) is 26.5. The van der Waals surface area contributed by atoms with Gasteiger partial charge in [-0.2, -0.15) is 0 Å². The highest BCUT2D eigenvalue weighted by Crippen LogP contribution is 2.47. The summed E-state index contributed by atoms with van der Waals surface area (Å²) in [6.07, 6.45) is 0. The Bertz CT molecular complexity index is 2840. The number of rotatable bonds is 5. The largest absolute Gasteiger partial charge is 0.456 e. The van der Waals surface area contributed by atoms with E-state index in [4.69, 9.17) is 8.83 Å². The summed E-state index contributed by atoms with van der Waals surface area (Å²) >= 11 is 0. The molecule has 3 heteroatoms. The van der Waals surface area contributed by atoms with Gasteiger partial charge in [-0.05, 0) is 64.4 Å². The second kappa shape index (κ2) is 11.0. The van der Waals surface area contributed by atoms with Crippen LogP contribution in [-0.2, 0) is 0 Å². The Labute approximate surface area is 282 Å². The third kappa shape index (κ3) is 4.44. The van der Waals surface area contributed by atoms with Crippen molar-refractivity contribution in [1.82, 2.24) is 0 Å². The summed E-state index contributed by atoms with van der Waals surface area (Å²) in [7, 11) is 0. The van der Waals surface area contributed by atoms with Gasteiger partial charge in [0.05, 0.1) is 11.4 Å². The zero-order chi connectivity index (χ0) is 32.3. The average molecular weight is 628 g/mol. The molecule has 0 saturated carbocycles. The Kier molecular flexibility index (Phi) is 6.18. The lowest BCUT2D eigenvalue weighted by atomic mass is 9.98. The molecule has 8 aromatic carbocycles. The van der Waals surface area contributed by atoms with Crippen LogP contribution in [0.5, 0.6) is 0 Å². The number of hydrogen-bond acceptors (Lipinski definition) is 3. The SMILES string of the molecule is c1ccc(-c2cccc3c2oc2c(N(c4ccc5oc6ccccc6c5c4)c4ccccc4-c4ccc5ccccc5c4)cccc23)cc1. The van der Waals surface area contributed by atoms with Gasteiger partial charge in [-0.1, -0.05) is 133 Å². The normalized spacial score (nSPS) is 11.7. The van der Waals surface area contributed by atoms with Crippen LogP contribution in [0, 0.1) is 0 Å². The maximum absolute atomic E-state index is 6.98. The van der Waals surface area contributed by atoms with Crippen molar-refractivity contribution in [3.63, 3.8) is 0 Å². The van der Waals surface area contributed by atoms with Crippen LogP contribution in [0.3, 0.4) is 0 Å². The summed E-state index contributed by atoms with van der Waals surface area (Å²) in [5.41, 5.74) is 11.0. The molecule has 0 amide bonds. The molecule has 0 aliphatic rings. The number of anilines is 3. The number of hydrogen-bond donors (Lipinski definition) is 0. The highest BCUT2D eigenvalue weighted by atomic mass is 16.3. The summed E-state index contributed by atoms with van der Waals surface area (Å²) in [5, 5.41) is 6.77. The van der Waals surface area contributed by atoms with Gasteiger partial charge in [0.15, 0.2) is 5.58 Å². The third-order valence-electron chi connectivity index (χ3n) is 9.65. The summed E-state index contributed by atoms with van der Waals surface area (Å²) < 4.78 is 13.2. The lowest BCUT2D eigenvalue weighted by Crippen LogP contribution is -2.11. The van der Waals surface area contributed by atoms with Crippen molar-refractivity contribution in [2.24, 2.45) is 0 Å². The van der Waals surface area contributed by atoms with Gasteiger partial charge in [-0.25, -0.2) is 0 Å². The van der Waals surface area contributed by atoms with E-state index in [0.717, 1.165) is 83.2 Å². The molecule has 0 spiro atoms. The van der Waals surface area contributed by atoms with Crippen molar-refractivity contribution >= 4 is 71.7 Å². The van der Waals surface area contributed by atoms with E-state index in [-0.39, 0.29) is 0 Å². The molecule has 0 unspecified atom stereocenters. The van der Waals surface area contributed by atoms with Crippen LogP contribution >= 0.6 is 0 Å². The Morgan fingerprint density at radius 2 is 1.02 bits per heavy atom. The van der Waals surface area contributed by atoms with Crippen LogP contribution in [0.15, 0.2) is 185 Å². The first-order valence-electron chi connectivity index (χ1n) is 16.6. The topological polar surface area (TPSA) is 29.5 Å². The van der Waals surface area contributed by atoms with Crippen LogP contribution in [0.25, 0.3) is 76.9 Å². The fourth-order valence-electron chi connectivity index (χ4n) is 7.36. The minimum Gasteiger partial charge on any atom is -0.456 e. The Hall–Kier alpha value is -6.58. The molecule has 0 aliphatic heterocycles. The van der Waals surface area contributed by atoms with Gasteiger partial charge in [0.25, 0.3) is 0 Å². The molecule has 10 aromatic rings. The monoisotopic (exact) mass is 627 g/mol. The molecule has 3 nitrogen and oxygen atoms in total. The first-order valence-corrected chi connectivity index (χ1v) is 16.6. The van der Waals surface area contributed by atoms with E-state index < -0.39 is 0 Å². The minimum absolute atomic E-state index is 0.839. The van der Waals surface area contributed by atoms with E-state index in [1.165, 1.54) is 10.8 Å². The summed E-state index contributed by atoms with van der Waals surface area (Å²) in [4.78, 5) is 2.35. The first-order chi connectivity index (χ1) is 24.3. The van der Waals surface area contributed by atoms with Crippen LogP contribution in [0.1, 0.15) is 0 Å². The van der Waals surface area contributed by atoms with Crippen LogP contribution in [0.2, 0.25) is 0 Å². The lowest BCUT2D eigenvalue weighted by molar-refractivity contribution is 0.669. The first kappa shape index (κ1) is 27.5. The van der Waals surface area contributed by atoms with Gasteiger partial charge in [0, 0.05) is 38.4 Å². The Balaban J connectivity index is 1.26.